The van der Waals surface area contributed by atoms with Crippen molar-refractivity contribution >= 4 is 108 Å². The molecule has 12 heterocycles. The summed E-state index contributed by atoms with van der Waals surface area (Å²) in [6.45, 7) is 43.8. The molecule has 9 aliphatic heterocycles. The van der Waals surface area contributed by atoms with Crippen molar-refractivity contribution in [2.75, 3.05) is 208 Å². The van der Waals surface area contributed by atoms with Crippen molar-refractivity contribution in [2.45, 2.75) is 147 Å². The Labute approximate surface area is 808 Å². The largest absolute Gasteiger partial charge is 0.462 e. The molecule has 0 N–H and O–H groups in total. The molecule has 31 heteroatoms. The fourth-order valence-corrected chi connectivity index (χ4v) is 21.6. The van der Waals surface area contributed by atoms with Gasteiger partial charge in [0.1, 0.15) is 55.4 Å². The van der Waals surface area contributed by atoms with Crippen molar-refractivity contribution in [1.29, 1.82) is 0 Å². The molecule has 6 atom stereocenters. The van der Waals surface area contributed by atoms with E-state index < -0.39 is 0 Å². The number of likely N-dealkylation sites (tertiary alicyclic amines) is 3. The van der Waals surface area contributed by atoms with Crippen molar-refractivity contribution in [1.82, 2.24) is 64.2 Å². The number of carbonyl (C=O) groups is 5. The summed E-state index contributed by atoms with van der Waals surface area (Å²) in [7, 11) is 9.71. The zero-order valence-electron chi connectivity index (χ0n) is 80.2. The Morgan fingerprint density at radius 3 is 1.10 bits per heavy atom. The summed E-state index contributed by atoms with van der Waals surface area (Å²) < 4.78 is 19.0. The molecule has 30 nitrogen and oxygen atoms in total. The van der Waals surface area contributed by atoms with Crippen LogP contribution in [0, 0.1) is 40.5 Å². The molecule has 6 aromatic carbocycles. The fraction of sp³-hybridized carbons (Fsp3) is 0.472. The first-order chi connectivity index (χ1) is 66.6. The molecule has 714 valence electrons. The molecule has 0 spiro atoms. The van der Waals surface area contributed by atoms with Gasteiger partial charge in [-0.1, -0.05) is 97.1 Å². The zero-order chi connectivity index (χ0) is 95.5. The first kappa shape index (κ1) is 95.7. The SMILES string of the molecule is [C-]#[N+]C[C@H]1CN(c2nc(OC[C@@H]3CCCN3C)nc3c2CCN(c2cccc4cccc(C)c24)C3)CCN1C(=O)/C=C/C(=O)N(C)C.[C-]#[N+]C[C@H]1CN(c2nc(OC[C@@H]3CCCN3C)nc3c2CCN(c2cccc4cccc(C)c24)C3)CCN1C(=O)/C=C/CCl.[C-]#[N+]C[C@H]1CN(c2nc(OC[C@@H]3CCCN3C)nc3c2CCN(c2cccc4cccc(C)c24)C3)CCN1C(=O)C1=CC(=O)CC1. The molecular formula is C106H125ClN22O8. The van der Waals surface area contributed by atoms with E-state index in [9.17, 15) is 24.0 Å². The predicted octanol–water partition coefficient (Wildman–Crippen LogP) is 12.5. The third-order valence-electron chi connectivity index (χ3n) is 29.1. The van der Waals surface area contributed by atoms with Gasteiger partial charge < -0.3 is 92.4 Å². The van der Waals surface area contributed by atoms with Gasteiger partial charge in [0.25, 0.3) is 5.91 Å². The fourth-order valence-electron chi connectivity index (χ4n) is 21.5. The summed E-state index contributed by atoms with van der Waals surface area (Å²) in [6.07, 6.45) is 17.2. The van der Waals surface area contributed by atoms with Gasteiger partial charge >= 0.3 is 18.0 Å². The van der Waals surface area contributed by atoms with E-state index in [2.05, 4.69) is 210 Å². The summed E-state index contributed by atoms with van der Waals surface area (Å²) in [6, 6.07) is 40.1. The molecule has 137 heavy (non-hydrogen) atoms. The summed E-state index contributed by atoms with van der Waals surface area (Å²) in [5.74, 6) is 2.10. The lowest BCUT2D eigenvalue weighted by molar-refractivity contribution is -0.130. The first-order valence-corrected chi connectivity index (χ1v) is 49.0. The molecule has 9 aromatic rings. The second kappa shape index (κ2) is 43.5. The number of aromatic nitrogens is 6. The number of carbonyl (C=O) groups excluding carboxylic acids is 5. The van der Waals surface area contributed by atoms with Crippen molar-refractivity contribution in [3.63, 3.8) is 0 Å². The van der Waals surface area contributed by atoms with Crippen molar-refractivity contribution in [2.24, 2.45) is 0 Å². The molecule has 1 aliphatic carbocycles. The van der Waals surface area contributed by atoms with Crippen LogP contribution in [0.4, 0.5) is 34.5 Å². The third kappa shape index (κ3) is 21.5. The maximum Gasteiger partial charge on any atom is 0.318 e. The van der Waals surface area contributed by atoms with Gasteiger partial charge in [-0.3, -0.25) is 24.0 Å². The minimum atomic E-state index is -0.339. The number of ketones is 1. The number of fused-ring (bicyclic) bond motifs is 6. The van der Waals surface area contributed by atoms with Crippen LogP contribution in [-0.4, -0.2) is 309 Å². The van der Waals surface area contributed by atoms with Crippen LogP contribution in [0.15, 0.2) is 145 Å². The topological polar surface area (TPSA) is 246 Å². The van der Waals surface area contributed by atoms with Gasteiger partial charge in [0, 0.05) is 197 Å². The number of piperazine rings is 3. The molecule has 6 fully saturated rings. The van der Waals surface area contributed by atoms with Gasteiger partial charge in [-0.2, -0.15) is 29.9 Å². The van der Waals surface area contributed by atoms with E-state index in [1.807, 2.05) is 0 Å². The van der Waals surface area contributed by atoms with Gasteiger partial charge in [0.15, 0.2) is 5.78 Å². The lowest BCUT2D eigenvalue weighted by Crippen LogP contribution is -2.57. The Kier molecular flexibility index (Phi) is 30.4. The summed E-state index contributed by atoms with van der Waals surface area (Å²) in [5, 5.41) is 7.50. The van der Waals surface area contributed by atoms with E-state index in [4.69, 9.17) is 75.4 Å². The molecule has 19 rings (SSSR count). The number of anilines is 6. The van der Waals surface area contributed by atoms with E-state index >= 15 is 0 Å². The zero-order valence-corrected chi connectivity index (χ0v) is 80.9. The average molecular weight is 1870 g/mol. The summed E-state index contributed by atoms with van der Waals surface area (Å²) >= 11 is 5.78. The molecular weight excluding hydrogens is 1740 g/mol. The summed E-state index contributed by atoms with van der Waals surface area (Å²) in [5.41, 5.74) is 14.2. The standard InChI is InChI=1S/C36H44N8O3.C36H41N7O3.C34H40ClN7O2/c1-25-9-6-10-26-11-7-13-31(34(25)26)42-18-16-29-30(23-42)38-36(47-24-27-12-8-17-41(27)5)39-35(29)43-19-20-44(28(22-43)21-37-2)33(46)15-14-32(45)40(3)4;1-24-7-4-8-25-9-5-11-32(33(24)25)41-16-14-30-31(22-41)38-36(46-23-27-10-6-15-40(27)3)39-34(30)42-17-18-43(28(21-42)20-37-2)35(45)26-12-13-29(44)19-26;1-24-8-4-9-25-10-5-12-30(32(24)25)40-17-14-28-29(22-40)37-34(44-23-26-11-7-16-39(26)3)38-33(28)41-18-19-42(27(21-41)20-36-2)31(43)13-6-15-35/h6-7,9-11,13-15,27-28H,8,12,16-24H2,1,3-5H3;4-5,7-9,11,19,27-28H,6,10,12-18,20-23H2,1,3H3;4-6,8-10,12-13,26-27H,7,11,14-23H2,1,3H3/b15-14+;;13-6+/t2*27-,28-;26-,27-/m000/s1. The van der Waals surface area contributed by atoms with Crippen LogP contribution < -0.4 is 43.6 Å². The maximum atomic E-state index is 13.4. The lowest BCUT2D eigenvalue weighted by atomic mass is 9.99. The summed E-state index contributed by atoms with van der Waals surface area (Å²) in [4.78, 5) is 132. The van der Waals surface area contributed by atoms with Gasteiger partial charge in [0.2, 0.25) is 37.4 Å². The van der Waals surface area contributed by atoms with Crippen molar-refractivity contribution in [3.8, 4) is 18.0 Å². The van der Waals surface area contributed by atoms with E-state index in [0.29, 0.717) is 153 Å². The highest BCUT2D eigenvalue weighted by Crippen LogP contribution is 2.42. The molecule has 0 saturated carbocycles. The Hall–Kier alpha value is -13.1. The molecule has 4 amide bonds. The number of amides is 4. The smallest absolute Gasteiger partial charge is 0.318 e. The van der Waals surface area contributed by atoms with Crippen LogP contribution in [-0.2, 0) is 62.9 Å². The number of benzene rings is 6. The number of likely N-dealkylation sites (N-methyl/N-ethyl adjacent to an activating group) is 4. The highest BCUT2D eigenvalue weighted by molar-refractivity contribution is 6.19. The Bertz CT molecular complexity index is 6210. The number of alkyl halides is 1. The van der Waals surface area contributed by atoms with E-state index in [0.717, 1.165) is 142 Å². The molecule has 10 aliphatic rings. The van der Waals surface area contributed by atoms with Crippen molar-refractivity contribution < 1.29 is 38.2 Å². The minimum Gasteiger partial charge on any atom is -0.462 e. The van der Waals surface area contributed by atoms with E-state index in [-0.39, 0.29) is 73.1 Å². The molecule has 0 radical (unpaired) electrons. The van der Waals surface area contributed by atoms with Crippen molar-refractivity contribution in [3.05, 3.63) is 230 Å². The average Bonchev–Trinajstić information content (AvgIpc) is 0.803. The highest BCUT2D eigenvalue weighted by atomic mass is 35.5. The van der Waals surface area contributed by atoms with Gasteiger partial charge in [-0.05, 0) is 183 Å². The van der Waals surface area contributed by atoms with Crippen LogP contribution in [0.5, 0.6) is 18.0 Å². The number of rotatable bonds is 23. The van der Waals surface area contributed by atoms with Crippen LogP contribution in [0.3, 0.4) is 0 Å². The molecule has 3 aromatic heterocycles. The Morgan fingerprint density at radius 2 is 0.774 bits per heavy atom. The monoisotopic (exact) mass is 1870 g/mol. The number of nitrogens with zero attached hydrogens (tertiary/aromatic N) is 22. The van der Waals surface area contributed by atoms with Crippen LogP contribution in [0.2, 0.25) is 0 Å². The minimum absolute atomic E-state index is 0.000333. The maximum absolute atomic E-state index is 13.4. The third-order valence-corrected chi connectivity index (χ3v) is 29.3. The number of hydrogen-bond acceptors (Lipinski definition) is 23. The number of hydrogen-bond donors (Lipinski definition) is 0. The van der Waals surface area contributed by atoms with Crippen LogP contribution >= 0.6 is 11.6 Å². The number of allylic oxidation sites excluding steroid dienone is 2. The van der Waals surface area contributed by atoms with Gasteiger partial charge in [0.05, 0.1) is 36.7 Å². The molecule has 0 bridgehead atoms. The molecule has 6 saturated heterocycles. The normalized spacial score (nSPS) is 20.8. The van der Waals surface area contributed by atoms with E-state index in [1.165, 1.54) is 102 Å². The van der Waals surface area contributed by atoms with E-state index in [1.54, 1.807) is 34.9 Å². The number of aryl methyl sites for hydroxylation is 3. The quantitative estimate of drug-likeness (QED) is 0.0328. The number of ether oxygens (including phenoxy) is 3. The van der Waals surface area contributed by atoms with Gasteiger partial charge in [-0.15, -0.1) is 11.6 Å². The lowest BCUT2D eigenvalue weighted by Gasteiger charge is -2.41. The van der Waals surface area contributed by atoms with Crippen LogP contribution in [0.1, 0.15) is 102 Å². The number of halogens is 1. The second-order valence-electron chi connectivity index (χ2n) is 38.0. The predicted molar refractivity (Wildman–Crippen MR) is 537 cm³/mol. The Balaban J connectivity index is 0.000000142. The molecule has 0 unspecified atom stereocenters. The van der Waals surface area contributed by atoms with Crippen LogP contribution in [0.25, 0.3) is 46.9 Å². The Morgan fingerprint density at radius 1 is 0.423 bits per heavy atom. The van der Waals surface area contributed by atoms with Gasteiger partial charge in [-0.25, -0.2) is 19.7 Å². The highest BCUT2D eigenvalue weighted by Gasteiger charge is 2.42. The second-order valence-corrected chi connectivity index (χ2v) is 38.3. The first-order valence-electron chi connectivity index (χ1n) is 48.5.